The largest absolute Gasteiger partial charge is 0.490 e. The summed E-state index contributed by atoms with van der Waals surface area (Å²) in [6, 6.07) is 0. The van der Waals surface area contributed by atoms with Gasteiger partial charge >= 0.3 is 12.1 Å². The van der Waals surface area contributed by atoms with E-state index >= 15 is 0 Å². The summed E-state index contributed by atoms with van der Waals surface area (Å²) in [7, 11) is 0. The van der Waals surface area contributed by atoms with Crippen molar-refractivity contribution in [1.82, 2.24) is 0 Å². The highest BCUT2D eigenvalue weighted by Crippen LogP contribution is 2.56. The average Bonchev–Trinajstić information content (AvgIpc) is 3.12. The van der Waals surface area contributed by atoms with Crippen LogP contribution in [0.3, 0.4) is 0 Å². The van der Waals surface area contributed by atoms with Crippen LogP contribution in [0, 0.1) is 23.2 Å². The first kappa shape index (κ1) is 28.7. The molecule has 5 nitrogen and oxygen atoms in total. The molecule has 0 saturated heterocycles. The van der Waals surface area contributed by atoms with Crippen LogP contribution in [0.2, 0.25) is 0 Å². The van der Waals surface area contributed by atoms with Crippen LogP contribution in [0.15, 0.2) is 47.6 Å². The fourth-order valence-electron chi connectivity index (χ4n) is 6.16. The molecule has 3 aliphatic carbocycles. The van der Waals surface area contributed by atoms with E-state index in [9.17, 15) is 33.3 Å². The Hall–Kier alpha value is -1.90. The number of aliphatic hydroxyl groups excluding tert-OH is 2. The molecule has 0 aromatic rings. The monoisotopic (exact) mass is 512 g/mol. The molecular weight excluding hydrogens is 473 g/mol. The van der Waals surface area contributed by atoms with Crippen molar-refractivity contribution >= 4 is 5.97 Å². The van der Waals surface area contributed by atoms with Gasteiger partial charge in [-0.3, -0.25) is 0 Å². The molecule has 0 bridgehead atoms. The van der Waals surface area contributed by atoms with E-state index in [1.54, 1.807) is 6.08 Å². The molecule has 7 atom stereocenters. The van der Waals surface area contributed by atoms with Crippen LogP contribution in [0.5, 0.6) is 0 Å². The van der Waals surface area contributed by atoms with Crippen LogP contribution < -0.4 is 0 Å². The second-order valence-electron chi connectivity index (χ2n) is 11.3. The average molecular weight is 513 g/mol. The summed E-state index contributed by atoms with van der Waals surface area (Å²) in [5.41, 5.74) is 0.798. The summed E-state index contributed by atoms with van der Waals surface area (Å²) < 4.78 is 41.2. The Morgan fingerprint density at radius 1 is 1.22 bits per heavy atom. The molecular formula is C28H39F3O5. The van der Waals surface area contributed by atoms with Crippen LogP contribution in [0.1, 0.15) is 65.7 Å². The van der Waals surface area contributed by atoms with Crippen LogP contribution >= 0.6 is 0 Å². The molecule has 3 N–H and O–H groups in total. The molecule has 0 aromatic carbocycles. The molecule has 2 saturated carbocycles. The SMILES string of the molecule is C[C@H](C/C=C/C(C)(O)COC(=O)C(F)(F)F)[C@H]1C=C[C@H]2/C(=C/C=C3CC(O)C[C@H](O)C3)CCC[C@]12C. The third-order valence-corrected chi connectivity index (χ3v) is 7.96. The minimum atomic E-state index is -5.09. The summed E-state index contributed by atoms with van der Waals surface area (Å²) in [4.78, 5) is 10.9. The number of allylic oxidation sites excluding steroid dienone is 6. The lowest BCUT2D eigenvalue weighted by atomic mass is 9.60. The number of fused-ring (bicyclic) bond motifs is 1. The molecule has 3 rings (SSSR count). The fourth-order valence-corrected chi connectivity index (χ4v) is 6.16. The van der Waals surface area contributed by atoms with E-state index in [1.807, 2.05) is 0 Å². The molecule has 0 aromatic heterocycles. The highest BCUT2D eigenvalue weighted by atomic mass is 19.4. The zero-order valence-electron chi connectivity index (χ0n) is 21.3. The maximum Gasteiger partial charge on any atom is 0.490 e. The number of hydrogen-bond donors (Lipinski definition) is 3. The molecule has 36 heavy (non-hydrogen) atoms. The quantitative estimate of drug-likeness (QED) is 0.323. The molecule has 0 amide bonds. The highest BCUT2D eigenvalue weighted by Gasteiger charge is 2.47. The van der Waals surface area contributed by atoms with E-state index in [0.717, 1.165) is 24.8 Å². The Morgan fingerprint density at radius 2 is 1.89 bits per heavy atom. The van der Waals surface area contributed by atoms with Crippen molar-refractivity contribution in [2.45, 2.75) is 89.7 Å². The van der Waals surface area contributed by atoms with Gasteiger partial charge < -0.3 is 20.1 Å². The van der Waals surface area contributed by atoms with E-state index in [0.29, 0.717) is 37.5 Å². The maximum atomic E-state index is 12.3. The van der Waals surface area contributed by atoms with E-state index in [1.165, 1.54) is 18.6 Å². The zero-order valence-corrected chi connectivity index (χ0v) is 21.3. The van der Waals surface area contributed by atoms with Gasteiger partial charge in [-0.1, -0.05) is 61.4 Å². The summed E-state index contributed by atoms with van der Waals surface area (Å²) in [5.74, 6) is -1.47. The van der Waals surface area contributed by atoms with Crippen LogP contribution in [-0.2, 0) is 9.53 Å². The predicted molar refractivity (Wildman–Crippen MR) is 131 cm³/mol. The standard InChI is InChI=1S/C28H39F3O5/c1-18(6-4-12-26(2,35)17-36-25(34)28(29,30)31)23-10-11-24-20(7-5-13-27(23,24)3)9-8-19-14-21(32)16-22(33)15-19/h4,8-12,18,21-24,32-33,35H,5-7,13-17H2,1-3H3/b12-4+,19-8?,20-9+/t18-,21-,22?,23-,24+,26?,27-/m1/s1. The normalized spacial score (nSPS) is 35.7. The Bertz CT molecular complexity index is 905. The molecule has 0 spiro atoms. The lowest BCUT2D eigenvalue weighted by molar-refractivity contribution is -0.203. The van der Waals surface area contributed by atoms with Gasteiger partial charge in [0, 0.05) is 5.92 Å². The zero-order chi connectivity index (χ0) is 26.7. The second-order valence-corrected chi connectivity index (χ2v) is 11.3. The lowest BCUT2D eigenvalue weighted by Gasteiger charge is -2.44. The Kier molecular flexibility index (Phi) is 8.95. The van der Waals surface area contributed by atoms with Gasteiger partial charge in [0.15, 0.2) is 0 Å². The van der Waals surface area contributed by atoms with Gasteiger partial charge in [-0.25, -0.2) is 4.79 Å². The summed E-state index contributed by atoms with van der Waals surface area (Å²) in [6.45, 7) is 4.98. The summed E-state index contributed by atoms with van der Waals surface area (Å²) in [6.07, 6.45) is 11.3. The Morgan fingerprint density at radius 3 is 2.53 bits per heavy atom. The number of alkyl halides is 3. The van der Waals surface area contributed by atoms with Gasteiger partial charge in [-0.2, -0.15) is 13.2 Å². The lowest BCUT2D eigenvalue weighted by Crippen LogP contribution is -2.36. The van der Waals surface area contributed by atoms with Crippen molar-refractivity contribution in [3.8, 4) is 0 Å². The van der Waals surface area contributed by atoms with Crippen LogP contribution in [0.25, 0.3) is 0 Å². The van der Waals surface area contributed by atoms with Crippen molar-refractivity contribution in [3.05, 3.63) is 47.6 Å². The summed E-state index contributed by atoms with van der Waals surface area (Å²) in [5, 5.41) is 30.2. The fraction of sp³-hybridized carbons (Fsp3) is 0.679. The Balaban J connectivity index is 1.61. The molecule has 0 aliphatic heterocycles. The van der Waals surface area contributed by atoms with E-state index in [-0.39, 0.29) is 11.3 Å². The second kappa shape index (κ2) is 11.2. The van der Waals surface area contributed by atoms with E-state index in [4.69, 9.17) is 0 Å². The smallest absolute Gasteiger partial charge is 0.456 e. The van der Waals surface area contributed by atoms with Gasteiger partial charge in [0.25, 0.3) is 0 Å². The molecule has 2 fully saturated rings. The minimum absolute atomic E-state index is 0.0478. The first-order chi connectivity index (χ1) is 16.7. The number of esters is 1. The van der Waals surface area contributed by atoms with Crippen molar-refractivity contribution in [2.24, 2.45) is 23.2 Å². The number of halogens is 3. The first-order valence-corrected chi connectivity index (χ1v) is 12.8. The van der Waals surface area contributed by atoms with Crippen molar-refractivity contribution in [2.75, 3.05) is 6.61 Å². The molecule has 202 valence electrons. The van der Waals surface area contributed by atoms with E-state index in [2.05, 4.69) is 42.9 Å². The van der Waals surface area contributed by atoms with Gasteiger partial charge in [0.05, 0.1) is 12.2 Å². The van der Waals surface area contributed by atoms with Crippen molar-refractivity contribution in [1.29, 1.82) is 0 Å². The molecule has 0 heterocycles. The minimum Gasteiger partial charge on any atom is -0.456 e. The maximum absolute atomic E-state index is 12.3. The summed E-state index contributed by atoms with van der Waals surface area (Å²) >= 11 is 0. The van der Waals surface area contributed by atoms with E-state index < -0.39 is 36.6 Å². The van der Waals surface area contributed by atoms with Gasteiger partial charge in [-0.15, -0.1) is 0 Å². The number of carbonyl (C=O) groups excluding carboxylic acids is 1. The van der Waals surface area contributed by atoms with Crippen molar-refractivity contribution < 1.29 is 38.0 Å². The number of carbonyl (C=O) groups is 1. The van der Waals surface area contributed by atoms with Crippen molar-refractivity contribution in [3.63, 3.8) is 0 Å². The Labute approximate surface area is 211 Å². The van der Waals surface area contributed by atoms with Gasteiger partial charge in [0.2, 0.25) is 0 Å². The third kappa shape index (κ3) is 7.11. The van der Waals surface area contributed by atoms with Gasteiger partial charge in [0.1, 0.15) is 12.2 Å². The predicted octanol–water partition coefficient (Wildman–Crippen LogP) is 5.18. The molecule has 8 heteroatoms. The number of rotatable bonds is 7. The number of hydrogen-bond acceptors (Lipinski definition) is 5. The number of ether oxygens (including phenoxy) is 1. The molecule has 0 radical (unpaired) electrons. The first-order valence-electron chi connectivity index (χ1n) is 12.8. The highest BCUT2D eigenvalue weighted by molar-refractivity contribution is 5.75. The molecule has 2 unspecified atom stereocenters. The van der Waals surface area contributed by atoms with Gasteiger partial charge in [-0.05, 0) is 69.1 Å². The molecule has 3 aliphatic rings. The van der Waals surface area contributed by atoms with Crippen LogP contribution in [0.4, 0.5) is 13.2 Å². The number of aliphatic hydroxyl groups is 3. The topological polar surface area (TPSA) is 87.0 Å². The third-order valence-electron chi connectivity index (χ3n) is 7.96. The van der Waals surface area contributed by atoms with Crippen LogP contribution in [-0.4, -0.2) is 51.9 Å².